The van der Waals surface area contributed by atoms with Gasteiger partial charge < -0.3 is 15.4 Å². The second-order valence-electron chi connectivity index (χ2n) is 7.10. The zero-order chi connectivity index (χ0) is 18.1. The molecule has 2 rings (SSSR count). The molecule has 0 aromatic heterocycles. The fourth-order valence-corrected chi connectivity index (χ4v) is 3.19. The topological polar surface area (TPSA) is 53.6 Å². The predicted molar refractivity (Wildman–Crippen MR) is 102 cm³/mol. The fourth-order valence-electron chi connectivity index (χ4n) is 3.19. The summed E-state index contributed by atoms with van der Waals surface area (Å²) in [5, 5.41) is 5.98. The second kappa shape index (κ2) is 10.3. The van der Waals surface area contributed by atoms with Gasteiger partial charge in [0.1, 0.15) is 5.75 Å². The molecule has 140 valence electrons. The van der Waals surface area contributed by atoms with Gasteiger partial charge in [-0.2, -0.15) is 0 Å². The van der Waals surface area contributed by atoms with E-state index in [2.05, 4.69) is 41.5 Å². The summed E-state index contributed by atoms with van der Waals surface area (Å²) in [6.45, 7) is 10.4. The van der Waals surface area contributed by atoms with Crippen molar-refractivity contribution in [1.82, 2.24) is 15.5 Å². The zero-order valence-corrected chi connectivity index (χ0v) is 15.9. The first-order valence-electron chi connectivity index (χ1n) is 9.58. The van der Waals surface area contributed by atoms with E-state index < -0.39 is 0 Å². The van der Waals surface area contributed by atoms with E-state index in [-0.39, 0.29) is 12.1 Å². The molecule has 25 heavy (non-hydrogen) atoms. The van der Waals surface area contributed by atoms with Gasteiger partial charge in [0, 0.05) is 13.1 Å². The van der Waals surface area contributed by atoms with Gasteiger partial charge >= 0.3 is 6.03 Å². The van der Waals surface area contributed by atoms with Crippen LogP contribution in [0.2, 0.25) is 0 Å². The van der Waals surface area contributed by atoms with Crippen LogP contribution < -0.4 is 15.4 Å². The Balaban J connectivity index is 2.00. The van der Waals surface area contributed by atoms with Crippen molar-refractivity contribution < 1.29 is 9.53 Å². The number of rotatable bonds is 8. The molecule has 5 heteroatoms. The third kappa shape index (κ3) is 6.58. The Morgan fingerprint density at radius 3 is 2.32 bits per heavy atom. The summed E-state index contributed by atoms with van der Waals surface area (Å²) in [6.07, 6.45) is 3.76. The van der Waals surface area contributed by atoms with Crippen molar-refractivity contribution in [2.24, 2.45) is 5.92 Å². The lowest BCUT2D eigenvalue weighted by molar-refractivity contribution is 0.160. The Kier molecular flexibility index (Phi) is 8.06. The van der Waals surface area contributed by atoms with Gasteiger partial charge in [-0.3, -0.25) is 4.90 Å². The first-order valence-corrected chi connectivity index (χ1v) is 9.58. The number of piperidine rings is 1. The first-order chi connectivity index (χ1) is 12.1. The summed E-state index contributed by atoms with van der Waals surface area (Å²) in [5.74, 6) is 1.35. The number of hydrogen-bond acceptors (Lipinski definition) is 3. The molecule has 0 saturated carbocycles. The van der Waals surface area contributed by atoms with Crippen molar-refractivity contribution in [2.45, 2.75) is 46.1 Å². The number of carbonyl (C=O) groups excluding carboxylic acids is 1. The molecule has 1 atom stereocenters. The van der Waals surface area contributed by atoms with E-state index in [1.54, 1.807) is 0 Å². The smallest absolute Gasteiger partial charge is 0.314 e. The average Bonchev–Trinajstić information content (AvgIpc) is 2.62. The fraction of sp³-hybridized carbons (Fsp3) is 0.650. The maximum absolute atomic E-state index is 12.0. The third-order valence-electron chi connectivity index (χ3n) is 4.53. The molecule has 0 bridgehead atoms. The molecule has 2 N–H and O–H groups in total. The Morgan fingerprint density at radius 2 is 1.72 bits per heavy atom. The maximum atomic E-state index is 12.0. The summed E-state index contributed by atoms with van der Waals surface area (Å²) >= 11 is 0. The summed E-state index contributed by atoms with van der Waals surface area (Å²) in [4.78, 5) is 14.5. The first kappa shape index (κ1) is 19.6. The summed E-state index contributed by atoms with van der Waals surface area (Å²) < 4.78 is 5.55. The predicted octanol–water partition coefficient (Wildman–Crippen LogP) is 3.57. The van der Waals surface area contributed by atoms with E-state index in [0.29, 0.717) is 25.6 Å². The summed E-state index contributed by atoms with van der Waals surface area (Å²) in [7, 11) is 0. The maximum Gasteiger partial charge on any atom is 0.314 e. The molecular formula is C20H33N3O2. The van der Waals surface area contributed by atoms with Gasteiger partial charge in [0.15, 0.2) is 0 Å². The van der Waals surface area contributed by atoms with Crippen molar-refractivity contribution >= 4 is 6.03 Å². The number of nitrogens with zero attached hydrogens (tertiary/aromatic N) is 1. The largest absolute Gasteiger partial charge is 0.494 e. The standard InChI is InChI=1S/C20H33N3O2/c1-4-25-18-10-8-17(9-11-18)19(23-12-6-5-7-13-23)15-22-20(24)21-14-16(2)3/h8-11,16,19H,4-7,12-15H2,1-3H3,(H2,21,22,24). The minimum absolute atomic E-state index is 0.0818. The van der Waals surface area contributed by atoms with Crippen molar-refractivity contribution in [2.75, 3.05) is 32.8 Å². The third-order valence-corrected chi connectivity index (χ3v) is 4.53. The molecule has 1 unspecified atom stereocenters. The quantitative estimate of drug-likeness (QED) is 0.756. The Morgan fingerprint density at radius 1 is 1.08 bits per heavy atom. The van der Waals surface area contributed by atoms with Crippen LogP contribution in [0.4, 0.5) is 4.79 Å². The van der Waals surface area contributed by atoms with Crippen LogP contribution in [0.5, 0.6) is 5.75 Å². The minimum Gasteiger partial charge on any atom is -0.494 e. The SMILES string of the molecule is CCOc1ccc(C(CNC(=O)NCC(C)C)N2CCCCC2)cc1. The Bertz CT molecular complexity index is 510. The number of urea groups is 1. The Labute approximate surface area is 152 Å². The number of likely N-dealkylation sites (tertiary alicyclic amines) is 1. The molecule has 1 aromatic carbocycles. The lowest BCUT2D eigenvalue weighted by Gasteiger charge is -2.35. The molecule has 0 radical (unpaired) electrons. The normalized spacial score (nSPS) is 16.5. The van der Waals surface area contributed by atoms with Crippen molar-refractivity contribution in [3.05, 3.63) is 29.8 Å². The van der Waals surface area contributed by atoms with Crippen LogP contribution in [-0.4, -0.2) is 43.7 Å². The Hall–Kier alpha value is -1.75. The lowest BCUT2D eigenvalue weighted by atomic mass is 10.0. The van der Waals surface area contributed by atoms with Gasteiger partial charge in [-0.05, 0) is 56.5 Å². The van der Waals surface area contributed by atoms with Crippen LogP contribution in [0.25, 0.3) is 0 Å². The number of amides is 2. The van der Waals surface area contributed by atoms with Crippen LogP contribution in [0.3, 0.4) is 0 Å². The highest BCUT2D eigenvalue weighted by molar-refractivity contribution is 5.73. The summed E-state index contributed by atoms with van der Waals surface area (Å²) in [5.41, 5.74) is 1.23. The number of carbonyl (C=O) groups is 1. The minimum atomic E-state index is -0.0818. The molecule has 2 amide bonds. The number of hydrogen-bond donors (Lipinski definition) is 2. The number of benzene rings is 1. The van der Waals surface area contributed by atoms with E-state index in [1.165, 1.54) is 24.8 Å². The second-order valence-corrected chi connectivity index (χ2v) is 7.10. The van der Waals surface area contributed by atoms with E-state index >= 15 is 0 Å². The average molecular weight is 348 g/mol. The van der Waals surface area contributed by atoms with E-state index in [9.17, 15) is 4.79 Å². The van der Waals surface area contributed by atoms with Crippen molar-refractivity contribution in [3.63, 3.8) is 0 Å². The summed E-state index contributed by atoms with van der Waals surface area (Å²) in [6, 6.07) is 8.42. The highest BCUT2D eigenvalue weighted by Crippen LogP contribution is 2.26. The van der Waals surface area contributed by atoms with Crippen molar-refractivity contribution in [3.8, 4) is 5.75 Å². The molecule has 1 saturated heterocycles. The molecule has 0 aliphatic carbocycles. The zero-order valence-electron chi connectivity index (χ0n) is 15.9. The highest BCUT2D eigenvalue weighted by atomic mass is 16.5. The molecule has 1 aliphatic heterocycles. The van der Waals surface area contributed by atoms with Gasteiger partial charge in [-0.15, -0.1) is 0 Å². The molecule has 1 aromatic rings. The van der Waals surface area contributed by atoms with Crippen LogP contribution in [0.1, 0.15) is 51.6 Å². The highest BCUT2D eigenvalue weighted by Gasteiger charge is 2.23. The molecule has 1 fully saturated rings. The van der Waals surface area contributed by atoms with Gasteiger partial charge in [0.25, 0.3) is 0 Å². The van der Waals surface area contributed by atoms with E-state index in [4.69, 9.17) is 4.74 Å². The number of ether oxygens (including phenoxy) is 1. The monoisotopic (exact) mass is 347 g/mol. The van der Waals surface area contributed by atoms with E-state index in [1.807, 2.05) is 19.1 Å². The van der Waals surface area contributed by atoms with Gasteiger partial charge in [-0.25, -0.2) is 4.79 Å². The lowest BCUT2D eigenvalue weighted by Crippen LogP contribution is -2.44. The molecule has 0 spiro atoms. The number of nitrogens with one attached hydrogen (secondary N) is 2. The van der Waals surface area contributed by atoms with Crippen LogP contribution in [0.15, 0.2) is 24.3 Å². The van der Waals surface area contributed by atoms with E-state index in [0.717, 1.165) is 18.8 Å². The van der Waals surface area contributed by atoms with Crippen LogP contribution >= 0.6 is 0 Å². The van der Waals surface area contributed by atoms with Gasteiger partial charge in [0.05, 0.1) is 12.6 Å². The van der Waals surface area contributed by atoms with Gasteiger partial charge in [-0.1, -0.05) is 32.4 Å². The van der Waals surface area contributed by atoms with Crippen molar-refractivity contribution in [1.29, 1.82) is 0 Å². The molecular weight excluding hydrogens is 314 g/mol. The molecule has 1 aliphatic rings. The van der Waals surface area contributed by atoms with Gasteiger partial charge in [0.2, 0.25) is 0 Å². The molecule has 1 heterocycles. The van der Waals surface area contributed by atoms with Crippen LogP contribution in [-0.2, 0) is 0 Å². The molecule has 5 nitrogen and oxygen atoms in total. The van der Waals surface area contributed by atoms with Crippen LogP contribution in [0, 0.1) is 5.92 Å².